The van der Waals surface area contributed by atoms with Crippen molar-refractivity contribution in [2.75, 3.05) is 24.7 Å². The number of aliphatic hydroxyl groups is 2. The van der Waals surface area contributed by atoms with E-state index in [2.05, 4.69) is 97.6 Å². The van der Waals surface area contributed by atoms with Crippen LogP contribution in [0.25, 0.3) is 22.3 Å². The Morgan fingerprint density at radius 3 is 1.71 bits per heavy atom. The van der Waals surface area contributed by atoms with E-state index in [9.17, 15) is 10.2 Å². The predicted molar refractivity (Wildman–Crippen MR) is 219 cm³/mol. The van der Waals surface area contributed by atoms with Crippen LogP contribution in [0.4, 0.5) is 11.6 Å². The molecular weight excluding hydrogens is 804 g/mol. The third-order valence-corrected chi connectivity index (χ3v) is 22.4. The number of hydrogen-bond donors (Lipinski definition) is 5. The van der Waals surface area contributed by atoms with E-state index >= 15 is 0 Å². The van der Waals surface area contributed by atoms with Crippen molar-refractivity contribution in [2.45, 2.75) is 127 Å². The second kappa shape index (κ2) is 15.2. The second-order valence-corrected chi connectivity index (χ2v) is 31.7. The Balaban J connectivity index is 1.27. The maximum absolute atomic E-state index is 11.8. The number of aliphatic hydroxyl groups excluding tert-OH is 2. The molecule has 9 atom stereocenters. The fraction of sp³-hybridized carbons (Fsp3) is 0.688. The summed E-state index contributed by atoms with van der Waals surface area (Å²) < 4.78 is 42.9. The third kappa shape index (κ3) is 8.25. The molecule has 2 aliphatic rings. The molecule has 0 bridgehead atoms. The van der Waals surface area contributed by atoms with Gasteiger partial charge in [0.05, 0.1) is 25.9 Å². The summed E-state index contributed by atoms with van der Waals surface area (Å²) in [7, 11) is -4.97. The lowest BCUT2D eigenvalue weighted by Gasteiger charge is -2.41. The number of ether oxygens (including phenoxy) is 2. The molecule has 0 radical (unpaired) electrons. The van der Waals surface area contributed by atoms with Crippen LogP contribution in [0.15, 0.2) is 25.3 Å². The zero-order valence-corrected chi connectivity index (χ0v) is 37.3. The molecule has 304 valence electrons. The Kier molecular flexibility index (Phi) is 11.7. The summed E-state index contributed by atoms with van der Waals surface area (Å²) in [6, 6.07) is 0. The van der Waals surface area contributed by atoms with Gasteiger partial charge in [0, 0.05) is 0 Å². The lowest BCUT2D eigenvalue weighted by atomic mass is 10.1. The van der Waals surface area contributed by atoms with Crippen LogP contribution in [0.2, 0.25) is 36.3 Å². The molecule has 2 fully saturated rings. The molecule has 6 heterocycles. The van der Waals surface area contributed by atoms with Gasteiger partial charge in [0.2, 0.25) is 5.69 Å². The van der Waals surface area contributed by atoms with E-state index in [0.717, 1.165) is 0 Å². The molecule has 6 rings (SSSR count). The Morgan fingerprint density at radius 1 is 0.782 bits per heavy atom. The number of imidazole rings is 2. The molecule has 0 saturated carbocycles. The Morgan fingerprint density at radius 2 is 1.24 bits per heavy atom. The second-order valence-electron chi connectivity index (χ2n) is 17.0. The first-order chi connectivity index (χ1) is 25.5. The molecule has 23 heteroatoms. The standard InChI is InChI=1S/C32H53N10O8PS2Si2/c1-31(2,3)54(7,8)49-23-21(44)18(47-29(23)41-15-39-19-25(33)35-13-37-27(19)41)12-45-51(52,53)48-22-17(11-43)46-30(24(22)50-55(9,10)32(4,5)6)42-16-40-20-26(34)36-14-38-28(20)42/h13-18,21-24,29-30,43-44H,11-12H2,1-10H3,(H,52,53)(H2,33,35,37)(H2,34,36,38). The minimum absolute atomic E-state index is 0.175. The molecule has 0 spiro atoms. The smallest absolute Gasteiger partial charge is 0.244 e. The predicted octanol–water partition coefficient (Wildman–Crippen LogP) is 4.32. The van der Waals surface area contributed by atoms with Crippen LogP contribution in [0, 0.1) is 0 Å². The summed E-state index contributed by atoms with van der Waals surface area (Å²) in [6.07, 6.45) is -1.41. The van der Waals surface area contributed by atoms with E-state index in [1.165, 1.54) is 12.7 Å². The molecule has 4 aromatic rings. The fourth-order valence-corrected chi connectivity index (χ4v) is 10.6. The molecule has 9 unspecified atom stereocenters. The zero-order valence-electron chi connectivity index (χ0n) is 32.7. The number of hydrogen-bond acceptors (Lipinski definition) is 17. The van der Waals surface area contributed by atoms with Crippen molar-refractivity contribution in [3.63, 3.8) is 0 Å². The van der Waals surface area contributed by atoms with Crippen LogP contribution in [0.5, 0.6) is 0 Å². The number of fused-ring (bicyclic) bond motifs is 2. The summed E-state index contributed by atoms with van der Waals surface area (Å²) in [5, 5.41) is 22.1. The van der Waals surface area contributed by atoms with Crippen LogP contribution in [-0.2, 0) is 39.2 Å². The SMILES string of the molecule is CC(C)(C)[Si](C)(C)OC1C(O)C(COP(=S)(S)OC2C(CO)OC(n3cnc4c(N)ncnc43)C2O[Si](C)(C)C(C)(C)C)OC1n1cnc2c(N)ncnc21. The zero-order chi connectivity index (χ0) is 40.5. The van der Waals surface area contributed by atoms with Crippen molar-refractivity contribution in [3.8, 4) is 0 Å². The molecule has 0 aromatic carbocycles. The number of aromatic nitrogens is 8. The molecule has 6 N–H and O–H groups in total. The third-order valence-electron chi connectivity index (χ3n) is 11.2. The topological polar surface area (TPSA) is 235 Å². The summed E-state index contributed by atoms with van der Waals surface area (Å²) in [6.45, 7) is 20.5. The average Bonchev–Trinajstić information content (AvgIpc) is 3.84. The first-order valence-corrected chi connectivity index (χ1v) is 27.5. The normalized spacial score (nSPS) is 28.0. The lowest BCUT2D eigenvalue weighted by Crippen LogP contribution is -2.49. The highest BCUT2D eigenvalue weighted by Gasteiger charge is 2.54. The minimum Gasteiger partial charge on any atom is -0.407 e. The van der Waals surface area contributed by atoms with Crippen molar-refractivity contribution in [1.82, 2.24) is 39.0 Å². The van der Waals surface area contributed by atoms with Crippen LogP contribution >= 0.6 is 17.9 Å². The Bertz CT molecular complexity index is 2060. The monoisotopic (exact) mass is 856 g/mol. The summed E-state index contributed by atoms with van der Waals surface area (Å²) in [5.74, 6) is 0.425. The van der Waals surface area contributed by atoms with E-state index in [4.69, 9.17) is 62.9 Å². The molecule has 2 aliphatic heterocycles. The van der Waals surface area contributed by atoms with E-state index in [0.29, 0.717) is 22.3 Å². The summed E-state index contributed by atoms with van der Waals surface area (Å²) >= 11 is 10.6. The van der Waals surface area contributed by atoms with E-state index in [-0.39, 0.29) is 28.3 Å². The highest BCUT2D eigenvalue weighted by Crippen LogP contribution is 2.58. The minimum atomic E-state index is -3.46. The van der Waals surface area contributed by atoms with Gasteiger partial charge < -0.3 is 49.1 Å². The van der Waals surface area contributed by atoms with Crippen molar-refractivity contribution in [3.05, 3.63) is 25.3 Å². The van der Waals surface area contributed by atoms with Crippen LogP contribution in [0.1, 0.15) is 54.0 Å². The molecule has 18 nitrogen and oxygen atoms in total. The van der Waals surface area contributed by atoms with Crippen LogP contribution < -0.4 is 11.5 Å². The van der Waals surface area contributed by atoms with Crippen molar-refractivity contribution in [2.24, 2.45) is 0 Å². The van der Waals surface area contributed by atoms with Gasteiger partial charge in [-0.3, -0.25) is 9.13 Å². The van der Waals surface area contributed by atoms with Crippen LogP contribution in [0.3, 0.4) is 0 Å². The molecule has 0 aliphatic carbocycles. The summed E-state index contributed by atoms with van der Waals surface area (Å²) in [4.78, 5) is 25.8. The van der Waals surface area contributed by atoms with E-state index in [1.807, 2.05) is 0 Å². The van der Waals surface area contributed by atoms with Gasteiger partial charge in [-0.15, -0.1) is 0 Å². The summed E-state index contributed by atoms with van der Waals surface area (Å²) in [5.41, 5.74) is 10.4. The number of anilines is 2. The van der Waals surface area contributed by atoms with Crippen molar-refractivity contribution < 1.29 is 37.6 Å². The quantitative estimate of drug-likeness (QED) is 0.0758. The van der Waals surface area contributed by atoms with E-state index in [1.54, 1.807) is 21.8 Å². The Labute approximate surface area is 332 Å². The molecular formula is C32H53N10O8PS2Si2. The van der Waals surface area contributed by atoms with Gasteiger partial charge in [-0.2, -0.15) is 0 Å². The van der Waals surface area contributed by atoms with Crippen molar-refractivity contribution >= 4 is 80.3 Å². The van der Waals surface area contributed by atoms with Gasteiger partial charge in [-0.05, 0) is 48.1 Å². The highest BCUT2D eigenvalue weighted by atomic mass is 32.9. The lowest BCUT2D eigenvalue weighted by molar-refractivity contribution is -0.0509. The van der Waals surface area contributed by atoms with Gasteiger partial charge in [0.25, 0.3) is 0 Å². The number of nitrogens with two attached hydrogens (primary N) is 2. The number of thiol groups is 1. The van der Waals surface area contributed by atoms with Gasteiger partial charge in [0.15, 0.2) is 52.0 Å². The first kappa shape index (κ1) is 42.4. The maximum atomic E-state index is 11.8. The number of nitrogen functional groups attached to an aromatic ring is 2. The highest BCUT2D eigenvalue weighted by molar-refractivity contribution is 8.60. The number of nitrogens with zero attached hydrogens (tertiary/aromatic N) is 8. The number of rotatable bonds is 12. The van der Waals surface area contributed by atoms with Crippen molar-refractivity contribution in [1.29, 1.82) is 0 Å². The first-order valence-electron chi connectivity index (χ1n) is 17.9. The average molecular weight is 857 g/mol. The van der Waals surface area contributed by atoms with Gasteiger partial charge in [-0.1, -0.05) is 53.8 Å². The Hall–Kier alpha value is -2.19. The molecule has 55 heavy (non-hydrogen) atoms. The maximum Gasteiger partial charge on any atom is 0.244 e. The molecule has 2 saturated heterocycles. The van der Waals surface area contributed by atoms with Gasteiger partial charge >= 0.3 is 0 Å². The van der Waals surface area contributed by atoms with E-state index < -0.39 is 78.0 Å². The van der Waals surface area contributed by atoms with Gasteiger partial charge in [-0.25, -0.2) is 29.9 Å². The van der Waals surface area contributed by atoms with Gasteiger partial charge in [0.1, 0.15) is 60.3 Å². The molecule has 4 aromatic heterocycles. The van der Waals surface area contributed by atoms with Crippen LogP contribution in [-0.4, -0.2) is 116 Å². The largest absolute Gasteiger partial charge is 0.407 e. The fourth-order valence-electron chi connectivity index (χ4n) is 6.04. The molecule has 0 amide bonds.